The van der Waals surface area contributed by atoms with Gasteiger partial charge in [-0.25, -0.2) is 0 Å². The molecule has 0 radical (unpaired) electrons. The Morgan fingerprint density at radius 3 is 2.72 bits per heavy atom. The fraction of sp³-hybridized carbons (Fsp3) is 0.455. The topological polar surface area (TPSA) is 65.6 Å². The predicted octanol–water partition coefficient (Wildman–Crippen LogP) is 1.42. The van der Waals surface area contributed by atoms with Crippen LogP contribution in [-0.2, 0) is 20.0 Å². The van der Waals surface area contributed by atoms with Gasteiger partial charge in [0.15, 0.2) is 5.78 Å². The van der Waals surface area contributed by atoms with Gasteiger partial charge in [0.2, 0.25) is 0 Å². The SMILES string of the molecule is CCn1nc(C)c(Cl)c1CC(=O)c1cnn(C)n1. The van der Waals surface area contributed by atoms with E-state index in [4.69, 9.17) is 11.6 Å². The van der Waals surface area contributed by atoms with Crippen molar-refractivity contribution in [1.29, 1.82) is 0 Å². The van der Waals surface area contributed by atoms with Crippen molar-refractivity contribution in [3.63, 3.8) is 0 Å². The lowest BCUT2D eigenvalue weighted by Crippen LogP contribution is -2.11. The summed E-state index contributed by atoms with van der Waals surface area (Å²) < 4.78 is 1.74. The number of Topliss-reactive ketones (excluding diaryl/α,β-unsaturated/α-hetero) is 1. The number of nitrogens with zero attached hydrogens (tertiary/aromatic N) is 5. The number of hydrogen-bond acceptors (Lipinski definition) is 4. The van der Waals surface area contributed by atoms with Gasteiger partial charge in [-0.2, -0.15) is 20.1 Å². The van der Waals surface area contributed by atoms with Gasteiger partial charge in [-0.1, -0.05) is 11.6 Å². The second kappa shape index (κ2) is 4.89. The molecule has 0 atom stereocenters. The molecule has 0 N–H and O–H groups in total. The molecule has 0 aliphatic heterocycles. The molecule has 0 bridgehead atoms. The van der Waals surface area contributed by atoms with E-state index in [1.165, 1.54) is 11.0 Å². The van der Waals surface area contributed by atoms with Gasteiger partial charge in [-0.05, 0) is 13.8 Å². The Bertz CT molecular complexity index is 586. The van der Waals surface area contributed by atoms with Gasteiger partial charge in [0.1, 0.15) is 5.69 Å². The average Bonchev–Trinajstić information content (AvgIpc) is 2.88. The minimum absolute atomic E-state index is 0.111. The zero-order valence-corrected chi connectivity index (χ0v) is 11.3. The van der Waals surface area contributed by atoms with E-state index in [0.717, 1.165) is 11.4 Å². The highest BCUT2D eigenvalue weighted by molar-refractivity contribution is 6.32. The first-order valence-electron chi connectivity index (χ1n) is 5.64. The Morgan fingerprint density at radius 2 is 2.17 bits per heavy atom. The van der Waals surface area contributed by atoms with E-state index in [9.17, 15) is 4.79 Å². The Morgan fingerprint density at radius 1 is 1.44 bits per heavy atom. The Balaban J connectivity index is 2.26. The number of aromatic nitrogens is 5. The Hall–Kier alpha value is -1.69. The number of halogens is 1. The quantitative estimate of drug-likeness (QED) is 0.786. The number of aryl methyl sites for hydroxylation is 3. The average molecular weight is 268 g/mol. The van der Waals surface area contributed by atoms with Crippen LogP contribution in [0, 0.1) is 6.92 Å². The number of ketones is 1. The van der Waals surface area contributed by atoms with Gasteiger partial charge in [-0.3, -0.25) is 9.48 Å². The van der Waals surface area contributed by atoms with Crippen LogP contribution in [0.1, 0.15) is 28.8 Å². The highest BCUT2D eigenvalue weighted by Crippen LogP contribution is 2.21. The van der Waals surface area contributed by atoms with Crippen LogP contribution in [0.5, 0.6) is 0 Å². The Kier molecular flexibility index (Phi) is 3.47. The number of hydrogen-bond donors (Lipinski definition) is 0. The molecule has 0 unspecified atom stereocenters. The van der Waals surface area contributed by atoms with Gasteiger partial charge in [0.05, 0.1) is 29.0 Å². The summed E-state index contributed by atoms with van der Waals surface area (Å²) in [7, 11) is 1.67. The second-order valence-electron chi connectivity index (χ2n) is 3.98. The maximum Gasteiger partial charge on any atom is 0.190 e. The molecule has 6 nitrogen and oxygen atoms in total. The van der Waals surface area contributed by atoms with E-state index in [2.05, 4.69) is 15.3 Å². The van der Waals surface area contributed by atoms with Crippen molar-refractivity contribution < 1.29 is 4.79 Å². The highest BCUT2D eigenvalue weighted by atomic mass is 35.5. The number of rotatable bonds is 4. The van der Waals surface area contributed by atoms with E-state index in [1.54, 1.807) is 11.7 Å². The third-order valence-corrected chi connectivity index (χ3v) is 3.16. The molecule has 0 aliphatic rings. The van der Waals surface area contributed by atoms with E-state index < -0.39 is 0 Å². The van der Waals surface area contributed by atoms with Crippen LogP contribution >= 0.6 is 11.6 Å². The molecule has 0 spiro atoms. The molecule has 0 amide bonds. The normalized spacial score (nSPS) is 10.9. The third-order valence-electron chi connectivity index (χ3n) is 2.67. The monoisotopic (exact) mass is 267 g/mol. The molecule has 2 heterocycles. The first-order chi connectivity index (χ1) is 8.52. The molecule has 7 heteroatoms. The maximum absolute atomic E-state index is 12.0. The zero-order chi connectivity index (χ0) is 13.3. The van der Waals surface area contributed by atoms with E-state index in [-0.39, 0.29) is 12.2 Å². The molecule has 18 heavy (non-hydrogen) atoms. The fourth-order valence-electron chi connectivity index (χ4n) is 1.75. The standard InChI is InChI=1S/C11H14ClN5O/c1-4-17-9(11(12)7(2)14-17)5-10(18)8-6-13-16(3)15-8/h6H,4-5H2,1-3H3. The first-order valence-corrected chi connectivity index (χ1v) is 6.02. The molecule has 0 fully saturated rings. The van der Waals surface area contributed by atoms with Crippen molar-refractivity contribution in [2.45, 2.75) is 26.8 Å². The van der Waals surface area contributed by atoms with Gasteiger partial charge in [0.25, 0.3) is 0 Å². The summed E-state index contributed by atoms with van der Waals surface area (Å²) in [5.74, 6) is -0.111. The van der Waals surface area contributed by atoms with E-state index in [1.807, 2.05) is 13.8 Å². The largest absolute Gasteiger partial charge is 0.292 e. The van der Waals surface area contributed by atoms with Crippen molar-refractivity contribution in [1.82, 2.24) is 24.8 Å². The first kappa shape index (κ1) is 12.8. The number of carbonyl (C=O) groups is 1. The molecule has 0 saturated heterocycles. The van der Waals surface area contributed by atoms with Crippen molar-refractivity contribution in [2.75, 3.05) is 0 Å². The summed E-state index contributed by atoms with van der Waals surface area (Å²) >= 11 is 6.15. The molecule has 0 aromatic carbocycles. The van der Waals surface area contributed by atoms with Crippen molar-refractivity contribution in [2.24, 2.45) is 7.05 Å². The summed E-state index contributed by atoms with van der Waals surface area (Å²) in [6.07, 6.45) is 1.64. The molecule has 96 valence electrons. The predicted molar refractivity (Wildman–Crippen MR) is 66.7 cm³/mol. The summed E-state index contributed by atoms with van der Waals surface area (Å²) in [5, 5.41) is 12.7. The van der Waals surface area contributed by atoms with Crippen LogP contribution < -0.4 is 0 Å². The maximum atomic E-state index is 12.0. The summed E-state index contributed by atoms with van der Waals surface area (Å²) in [4.78, 5) is 13.4. The number of carbonyl (C=O) groups excluding carboxylic acids is 1. The van der Waals surface area contributed by atoms with Gasteiger partial charge >= 0.3 is 0 Å². The van der Waals surface area contributed by atoms with Gasteiger partial charge in [-0.15, -0.1) is 0 Å². The molecule has 0 aliphatic carbocycles. The third kappa shape index (κ3) is 2.28. The lowest BCUT2D eigenvalue weighted by atomic mass is 10.1. The minimum atomic E-state index is -0.111. The van der Waals surface area contributed by atoms with Crippen LogP contribution in [0.2, 0.25) is 5.02 Å². The summed E-state index contributed by atoms with van der Waals surface area (Å²) in [5.41, 5.74) is 1.81. The summed E-state index contributed by atoms with van der Waals surface area (Å²) in [6.45, 7) is 4.46. The minimum Gasteiger partial charge on any atom is -0.292 e. The molecule has 2 rings (SSSR count). The van der Waals surface area contributed by atoms with Crippen molar-refractivity contribution >= 4 is 17.4 Å². The lowest BCUT2D eigenvalue weighted by molar-refractivity contribution is 0.0985. The molecule has 0 saturated carbocycles. The van der Waals surface area contributed by atoms with Gasteiger partial charge < -0.3 is 0 Å². The van der Waals surface area contributed by atoms with Crippen LogP contribution in [-0.4, -0.2) is 30.6 Å². The lowest BCUT2D eigenvalue weighted by Gasteiger charge is -2.03. The highest BCUT2D eigenvalue weighted by Gasteiger charge is 2.18. The molecular weight excluding hydrogens is 254 g/mol. The molecular formula is C11H14ClN5O. The van der Waals surface area contributed by atoms with E-state index in [0.29, 0.717) is 17.3 Å². The van der Waals surface area contributed by atoms with Crippen LogP contribution in [0.4, 0.5) is 0 Å². The second-order valence-corrected chi connectivity index (χ2v) is 4.36. The smallest absolute Gasteiger partial charge is 0.190 e. The van der Waals surface area contributed by atoms with Crippen LogP contribution in [0.25, 0.3) is 0 Å². The van der Waals surface area contributed by atoms with E-state index >= 15 is 0 Å². The summed E-state index contributed by atoms with van der Waals surface area (Å²) in [6, 6.07) is 0. The van der Waals surface area contributed by atoms with Crippen molar-refractivity contribution in [3.05, 3.63) is 28.3 Å². The van der Waals surface area contributed by atoms with Gasteiger partial charge in [0, 0.05) is 13.6 Å². The molecule has 2 aromatic heterocycles. The van der Waals surface area contributed by atoms with Crippen molar-refractivity contribution in [3.8, 4) is 0 Å². The zero-order valence-electron chi connectivity index (χ0n) is 10.5. The fourth-order valence-corrected chi connectivity index (χ4v) is 1.96. The van der Waals surface area contributed by atoms with Crippen LogP contribution in [0.3, 0.4) is 0 Å². The van der Waals surface area contributed by atoms with Crippen LogP contribution in [0.15, 0.2) is 6.20 Å². The molecule has 2 aromatic rings. The Labute approximate surface area is 110 Å².